The van der Waals surface area contributed by atoms with Gasteiger partial charge in [0.05, 0.1) is 0 Å². The average Bonchev–Trinajstić information content (AvgIpc) is 1.83. The minimum Gasteiger partial charge on any atom is -0.396 e. The van der Waals surface area contributed by atoms with Gasteiger partial charge >= 0.3 is 0 Å². The third-order valence-electron chi connectivity index (χ3n) is 2.52. The zero-order valence-corrected chi connectivity index (χ0v) is 6.64. The lowest BCUT2D eigenvalue weighted by molar-refractivity contribution is 0.124. The summed E-state index contributed by atoms with van der Waals surface area (Å²) < 4.78 is 0. The summed E-state index contributed by atoms with van der Waals surface area (Å²) in [5.41, 5.74) is 0. The SMILES string of the molecule is CNCC(CO)C1CCC1. The van der Waals surface area contributed by atoms with Gasteiger partial charge in [-0.05, 0) is 18.9 Å². The lowest BCUT2D eigenvalue weighted by Gasteiger charge is -2.32. The van der Waals surface area contributed by atoms with Crippen LogP contribution >= 0.6 is 0 Å². The zero-order valence-electron chi connectivity index (χ0n) is 6.64. The second kappa shape index (κ2) is 3.94. The van der Waals surface area contributed by atoms with Crippen LogP contribution in [-0.2, 0) is 0 Å². The normalized spacial score (nSPS) is 22.2. The Morgan fingerprint density at radius 3 is 2.60 bits per heavy atom. The molecule has 0 saturated heterocycles. The van der Waals surface area contributed by atoms with Crippen LogP contribution in [0.2, 0.25) is 0 Å². The van der Waals surface area contributed by atoms with E-state index in [1.54, 1.807) is 0 Å². The predicted octanol–water partition coefficient (Wildman–Crippen LogP) is 0.614. The van der Waals surface area contributed by atoms with E-state index in [1.165, 1.54) is 19.3 Å². The third-order valence-corrected chi connectivity index (χ3v) is 2.52. The summed E-state index contributed by atoms with van der Waals surface area (Å²) in [6.45, 7) is 1.33. The standard InChI is InChI=1S/C8H17NO/c1-9-5-8(6-10)7-3-2-4-7/h7-10H,2-6H2,1H3. The fraction of sp³-hybridized carbons (Fsp3) is 1.00. The second-order valence-corrected chi connectivity index (χ2v) is 3.19. The van der Waals surface area contributed by atoms with Crippen molar-refractivity contribution in [1.29, 1.82) is 0 Å². The van der Waals surface area contributed by atoms with Crippen molar-refractivity contribution >= 4 is 0 Å². The number of aliphatic hydroxyl groups excluding tert-OH is 1. The predicted molar refractivity (Wildman–Crippen MR) is 41.8 cm³/mol. The van der Waals surface area contributed by atoms with Gasteiger partial charge in [-0.25, -0.2) is 0 Å². The van der Waals surface area contributed by atoms with Gasteiger partial charge in [0.25, 0.3) is 0 Å². The molecule has 0 bridgehead atoms. The van der Waals surface area contributed by atoms with Gasteiger partial charge in [-0.1, -0.05) is 19.3 Å². The van der Waals surface area contributed by atoms with Gasteiger partial charge in [0.2, 0.25) is 0 Å². The maximum absolute atomic E-state index is 8.95. The van der Waals surface area contributed by atoms with Gasteiger partial charge in [-0.2, -0.15) is 0 Å². The molecule has 2 heteroatoms. The Kier molecular flexibility index (Phi) is 3.16. The highest BCUT2D eigenvalue weighted by Crippen LogP contribution is 2.32. The Balaban J connectivity index is 2.17. The molecular formula is C8H17NO. The number of hydrogen-bond donors (Lipinski definition) is 2. The van der Waals surface area contributed by atoms with Crippen LogP contribution in [0.15, 0.2) is 0 Å². The Labute approximate surface area is 62.6 Å². The maximum atomic E-state index is 8.95. The van der Waals surface area contributed by atoms with Crippen LogP contribution in [0.25, 0.3) is 0 Å². The van der Waals surface area contributed by atoms with Crippen molar-refractivity contribution in [3.05, 3.63) is 0 Å². The van der Waals surface area contributed by atoms with Crippen LogP contribution in [0.5, 0.6) is 0 Å². The lowest BCUT2D eigenvalue weighted by atomic mass is 9.76. The van der Waals surface area contributed by atoms with E-state index in [2.05, 4.69) is 5.32 Å². The Morgan fingerprint density at radius 2 is 2.30 bits per heavy atom. The molecule has 0 aromatic heterocycles. The second-order valence-electron chi connectivity index (χ2n) is 3.19. The maximum Gasteiger partial charge on any atom is 0.0474 e. The highest BCUT2D eigenvalue weighted by molar-refractivity contribution is 4.77. The van der Waals surface area contributed by atoms with E-state index in [4.69, 9.17) is 5.11 Å². The monoisotopic (exact) mass is 143 g/mol. The summed E-state index contributed by atoms with van der Waals surface area (Å²) in [5, 5.41) is 12.1. The highest BCUT2D eigenvalue weighted by atomic mass is 16.3. The summed E-state index contributed by atoms with van der Waals surface area (Å²) in [6, 6.07) is 0. The van der Waals surface area contributed by atoms with Gasteiger partial charge < -0.3 is 10.4 Å². The average molecular weight is 143 g/mol. The first-order chi connectivity index (χ1) is 4.88. The van der Waals surface area contributed by atoms with Crippen molar-refractivity contribution in [2.24, 2.45) is 11.8 Å². The fourth-order valence-corrected chi connectivity index (χ4v) is 1.55. The largest absolute Gasteiger partial charge is 0.396 e. The van der Waals surface area contributed by atoms with E-state index >= 15 is 0 Å². The smallest absolute Gasteiger partial charge is 0.0474 e. The molecule has 2 nitrogen and oxygen atoms in total. The molecule has 1 fully saturated rings. The number of hydrogen-bond acceptors (Lipinski definition) is 2. The molecule has 1 unspecified atom stereocenters. The molecule has 1 aliphatic rings. The van der Waals surface area contributed by atoms with Crippen molar-refractivity contribution in [1.82, 2.24) is 5.32 Å². The number of rotatable bonds is 4. The summed E-state index contributed by atoms with van der Waals surface area (Å²) in [5.74, 6) is 1.32. The summed E-state index contributed by atoms with van der Waals surface area (Å²) in [6.07, 6.45) is 4.02. The van der Waals surface area contributed by atoms with Crippen LogP contribution in [-0.4, -0.2) is 25.3 Å². The molecular weight excluding hydrogens is 126 g/mol. The molecule has 1 rings (SSSR count). The molecule has 2 N–H and O–H groups in total. The van der Waals surface area contributed by atoms with Crippen LogP contribution in [0.4, 0.5) is 0 Å². The first-order valence-electron chi connectivity index (χ1n) is 4.14. The molecule has 1 aliphatic carbocycles. The molecule has 0 amide bonds. The first-order valence-corrected chi connectivity index (χ1v) is 4.14. The molecule has 0 heterocycles. The summed E-state index contributed by atoms with van der Waals surface area (Å²) in [7, 11) is 1.95. The van der Waals surface area contributed by atoms with E-state index < -0.39 is 0 Å². The van der Waals surface area contributed by atoms with Crippen molar-refractivity contribution < 1.29 is 5.11 Å². The van der Waals surface area contributed by atoms with Gasteiger partial charge in [0, 0.05) is 13.2 Å². The van der Waals surface area contributed by atoms with Gasteiger partial charge in [0.1, 0.15) is 0 Å². The van der Waals surface area contributed by atoms with Crippen molar-refractivity contribution in [2.45, 2.75) is 19.3 Å². The molecule has 1 atom stereocenters. The summed E-state index contributed by atoms with van der Waals surface area (Å²) in [4.78, 5) is 0. The number of nitrogens with one attached hydrogen (secondary N) is 1. The first kappa shape index (κ1) is 8.02. The van der Waals surface area contributed by atoms with Gasteiger partial charge in [0.15, 0.2) is 0 Å². The van der Waals surface area contributed by atoms with Crippen LogP contribution in [0.1, 0.15) is 19.3 Å². The highest BCUT2D eigenvalue weighted by Gasteiger charge is 2.25. The molecule has 0 spiro atoms. The topological polar surface area (TPSA) is 32.3 Å². The Hall–Kier alpha value is -0.0800. The molecule has 0 radical (unpaired) electrons. The fourth-order valence-electron chi connectivity index (χ4n) is 1.55. The van der Waals surface area contributed by atoms with Gasteiger partial charge in [-0.3, -0.25) is 0 Å². The number of aliphatic hydroxyl groups is 1. The molecule has 0 aromatic rings. The van der Waals surface area contributed by atoms with Crippen LogP contribution in [0, 0.1) is 11.8 Å². The lowest BCUT2D eigenvalue weighted by Crippen LogP contribution is -2.32. The zero-order chi connectivity index (χ0) is 7.40. The molecule has 0 aliphatic heterocycles. The molecule has 10 heavy (non-hydrogen) atoms. The van der Waals surface area contributed by atoms with Crippen molar-refractivity contribution in [2.75, 3.05) is 20.2 Å². The third kappa shape index (κ3) is 1.70. The van der Waals surface area contributed by atoms with Gasteiger partial charge in [-0.15, -0.1) is 0 Å². The quantitative estimate of drug-likeness (QED) is 0.604. The van der Waals surface area contributed by atoms with Crippen molar-refractivity contribution in [3.63, 3.8) is 0 Å². The van der Waals surface area contributed by atoms with E-state index in [0.29, 0.717) is 12.5 Å². The molecule has 0 aromatic carbocycles. The Bertz CT molecular complexity index is 91.3. The minimum atomic E-state index is 0.353. The van der Waals surface area contributed by atoms with E-state index in [-0.39, 0.29) is 0 Å². The van der Waals surface area contributed by atoms with E-state index in [1.807, 2.05) is 7.05 Å². The van der Waals surface area contributed by atoms with Crippen molar-refractivity contribution in [3.8, 4) is 0 Å². The van der Waals surface area contributed by atoms with Crippen LogP contribution in [0.3, 0.4) is 0 Å². The van der Waals surface area contributed by atoms with E-state index in [9.17, 15) is 0 Å². The van der Waals surface area contributed by atoms with E-state index in [0.717, 1.165) is 12.5 Å². The Morgan fingerprint density at radius 1 is 1.60 bits per heavy atom. The van der Waals surface area contributed by atoms with Crippen LogP contribution < -0.4 is 5.32 Å². The molecule has 1 saturated carbocycles. The minimum absolute atomic E-state index is 0.353. The summed E-state index contributed by atoms with van der Waals surface area (Å²) >= 11 is 0. The molecule has 60 valence electrons.